The van der Waals surface area contributed by atoms with Crippen LogP contribution in [0.3, 0.4) is 0 Å². The van der Waals surface area contributed by atoms with Gasteiger partial charge in [-0.05, 0) is 32.4 Å². The minimum atomic E-state index is -0.160. The molecule has 0 spiro atoms. The zero-order chi connectivity index (χ0) is 13.1. The van der Waals surface area contributed by atoms with Crippen LogP contribution < -0.4 is 15.0 Å². The van der Waals surface area contributed by atoms with Crippen LogP contribution in [0.1, 0.15) is 20.3 Å². The number of ether oxygens (including phenoxy) is 1. The zero-order valence-electron chi connectivity index (χ0n) is 11.1. The molecule has 1 aliphatic rings. The zero-order valence-corrected chi connectivity index (χ0v) is 11.1. The van der Waals surface area contributed by atoms with Crippen molar-refractivity contribution in [2.45, 2.75) is 32.4 Å². The van der Waals surface area contributed by atoms with Gasteiger partial charge in [0.05, 0.1) is 18.8 Å². The van der Waals surface area contributed by atoms with E-state index in [1.54, 1.807) is 7.11 Å². The monoisotopic (exact) mass is 248 g/mol. The van der Waals surface area contributed by atoms with Crippen molar-refractivity contribution in [1.29, 1.82) is 0 Å². The Balaban J connectivity index is 2.33. The normalized spacial score (nSPS) is 24.8. The topological polar surface area (TPSA) is 41.6 Å². The molecular formula is C14H20N2O2. The lowest BCUT2D eigenvalue weighted by Crippen LogP contribution is -2.43. The number of hydrogen-bond acceptors (Lipinski definition) is 3. The third-order valence-electron chi connectivity index (χ3n) is 3.33. The highest BCUT2D eigenvalue weighted by Crippen LogP contribution is 2.29. The van der Waals surface area contributed by atoms with E-state index in [0.717, 1.165) is 24.4 Å². The summed E-state index contributed by atoms with van der Waals surface area (Å²) in [7, 11) is 1.63. The standard InChI is InChI=1S/C14H20N2O2/c1-10-8-9-16(14(17)11(2)15-10)12-6-4-5-7-13(12)18-3/h4-7,10-11,15H,8-9H2,1-3H3. The molecule has 18 heavy (non-hydrogen) atoms. The van der Waals surface area contributed by atoms with Crippen molar-refractivity contribution in [1.82, 2.24) is 5.32 Å². The Kier molecular flexibility index (Phi) is 3.87. The van der Waals surface area contributed by atoms with Gasteiger partial charge >= 0.3 is 0 Å². The maximum absolute atomic E-state index is 12.4. The first-order chi connectivity index (χ1) is 8.63. The number of benzene rings is 1. The van der Waals surface area contributed by atoms with Crippen molar-refractivity contribution >= 4 is 11.6 Å². The molecule has 0 aromatic heterocycles. The molecule has 0 radical (unpaired) electrons. The number of nitrogens with one attached hydrogen (secondary N) is 1. The molecule has 1 aliphatic heterocycles. The fraction of sp³-hybridized carbons (Fsp3) is 0.500. The number of carbonyl (C=O) groups excluding carboxylic acids is 1. The third kappa shape index (κ3) is 2.48. The fourth-order valence-corrected chi connectivity index (χ4v) is 2.34. The molecule has 4 heteroatoms. The molecule has 1 aromatic carbocycles. The highest BCUT2D eigenvalue weighted by molar-refractivity contribution is 5.98. The minimum Gasteiger partial charge on any atom is -0.495 e. The van der Waals surface area contributed by atoms with Gasteiger partial charge in [-0.1, -0.05) is 12.1 Å². The Labute approximate surface area is 108 Å². The molecule has 1 fully saturated rings. The summed E-state index contributed by atoms with van der Waals surface area (Å²) >= 11 is 0. The van der Waals surface area contributed by atoms with Gasteiger partial charge in [0.15, 0.2) is 0 Å². The molecule has 2 rings (SSSR count). The van der Waals surface area contributed by atoms with Crippen molar-refractivity contribution in [3.05, 3.63) is 24.3 Å². The summed E-state index contributed by atoms with van der Waals surface area (Å²) in [6.07, 6.45) is 0.939. The molecule has 2 atom stereocenters. The van der Waals surface area contributed by atoms with Crippen LogP contribution in [0.4, 0.5) is 5.69 Å². The quantitative estimate of drug-likeness (QED) is 0.867. The van der Waals surface area contributed by atoms with Crippen LogP contribution in [-0.2, 0) is 4.79 Å². The Bertz CT molecular complexity index is 434. The van der Waals surface area contributed by atoms with E-state index in [0.29, 0.717) is 6.04 Å². The van der Waals surface area contributed by atoms with E-state index in [1.165, 1.54) is 0 Å². The maximum atomic E-state index is 12.4. The van der Waals surface area contributed by atoms with Crippen molar-refractivity contribution < 1.29 is 9.53 Å². The summed E-state index contributed by atoms with van der Waals surface area (Å²) in [6, 6.07) is 7.84. The second kappa shape index (κ2) is 5.40. The Hall–Kier alpha value is -1.55. The molecule has 0 saturated carbocycles. The molecule has 1 N–H and O–H groups in total. The lowest BCUT2D eigenvalue weighted by molar-refractivity contribution is -0.119. The number of nitrogens with zero attached hydrogens (tertiary/aromatic N) is 1. The van der Waals surface area contributed by atoms with Crippen LogP contribution in [0.5, 0.6) is 5.75 Å². The predicted molar refractivity (Wildman–Crippen MR) is 72.0 cm³/mol. The molecule has 1 amide bonds. The maximum Gasteiger partial charge on any atom is 0.243 e. The molecule has 4 nitrogen and oxygen atoms in total. The second-order valence-electron chi connectivity index (χ2n) is 4.74. The van der Waals surface area contributed by atoms with E-state index in [9.17, 15) is 4.79 Å². The van der Waals surface area contributed by atoms with Crippen molar-refractivity contribution in [3.63, 3.8) is 0 Å². The van der Waals surface area contributed by atoms with E-state index in [-0.39, 0.29) is 11.9 Å². The lowest BCUT2D eigenvalue weighted by atomic mass is 10.2. The first kappa shape index (κ1) is 12.9. The van der Waals surface area contributed by atoms with Crippen LogP contribution in [0.25, 0.3) is 0 Å². The van der Waals surface area contributed by atoms with Gasteiger partial charge in [0.1, 0.15) is 5.75 Å². The minimum absolute atomic E-state index is 0.101. The summed E-state index contributed by atoms with van der Waals surface area (Å²) in [5, 5.41) is 3.30. The molecular weight excluding hydrogens is 228 g/mol. The SMILES string of the molecule is COc1ccccc1N1CCC(C)NC(C)C1=O. The molecule has 0 bridgehead atoms. The molecule has 1 aromatic rings. The third-order valence-corrected chi connectivity index (χ3v) is 3.33. The number of amides is 1. The van der Waals surface area contributed by atoms with Gasteiger partial charge in [-0.15, -0.1) is 0 Å². The van der Waals surface area contributed by atoms with E-state index in [4.69, 9.17) is 4.74 Å². The number of para-hydroxylation sites is 2. The van der Waals surface area contributed by atoms with Crippen LogP contribution in [0.2, 0.25) is 0 Å². The summed E-state index contributed by atoms with van der Waals surface area (Å²) in [5.74, 6) is 0.844. The van der Waals surface area contributed by atoms with E-state index in [2.05, 4.69) is 12.2 Å². The largest absolute Gasteiger partial charge is 0.495 e. The second-order valence-corrected chi connectivity index (χ2v) is 4.74. The van der Waals surface area contributed by atoms with Gasteiger partial charge in [0.25, 0.3) is 0 Å². The first-order valence-corrected chi connectivity index (χ1v) is 6.34. The van der Waals surface area contributed by atoms with Gasteiger partial charge in [-0.3, -0.25) is 4.79 Å². The average Bonchev–Trinajstić information content (AvgIpc) is 2.50. The number of methoxy groups -OCH3 is 1. The Morgan fingerprint density at radius 3 is 2.78 bits per heavy atom. The molecule has 1 saturated heterocycles. The van der Waals surface area contributed by atoms with Gasteiger partial charge < -0.3 is 15.0 Å². The van der Waals surface area contributed by atoms with Crippen LogP contribution in [-0.4, -0.2) is 31.6 Å². The van der Waals surface area contributed by atoms with Crippen molar-refractivity contribution in [3.8, 4) is 5.75 Å². The highest BCUT2D eigenvalue weighted by atomic mass is 16.5. The molecule has 98 valence electrons. The number of hydrogen-bond donors (Lipinski definition) is 1. The van der Waals surface area contributed by atoms with Crippen LogP contribution in [0, 0.1) is 0 Å². The number of rotatable bonds is 2. The molecule has 1 heterocycles. The van der Waals surface area contributed by atoms with Gasteiger partial charge in [0, 0.05) is 12.6 Å². The molecule has 0 aliphatic carbocycles. The van der Waals surface area contributed by atoms with E-state index < -0.39 is 0 Å². The Morgan fingerprint density at radius 2 is 2.06 bits per heavy atom. The summed E-state index contributed by atoms with van der Waals surface area (Å²) in [4.78, 5) is 14.2. The lowest BCUT2D eigenvalue weighted by Gasteiger charge is -2.24. The Morgan fingerprint density at radius 1 is 1.33 bits per heavy atom. The predicted octanol–water partition coefficient (Wildman–Crippen LogP) is 1.80. The fourth-order valence-electron chi connectivity index (χ4n) is 2.34. The van der Waals surface area contributed by atoms with E-state index in [1.807, 2.05) is 36.1 Å². The van der Waals surface area contributed by atoms with E-state index >= 15 is 0 Å². The van der Waals surface area contributed by atoms with Gasteiger partial charge in [0.2, 0.25) is 5.91 Å². The van der Waals surface area contributed by atoms with Crippen molar-refractivity contribution in [2.24, 2.45) is 0 Å². The smallest absolute Gasteiger partial charge is 0.243 e. The van der Waals surface area contributed by atoms with Crippen LogP contribution in [0.15, 0.2) is 24.3 Å². The highest BCUT2D eigenvalue weighted by Gasteiger charge is 2.28. The van der Waals surface area contributed by atoms with Crippen molar-refractivity contribution in [2.75, 3.05) is 18.6 Å². The molecule has 2 unspecified atom stereocenters. The summed E-state index contributed by atoms with van der Waals surface area (Å²) in [5.41, 5.74) is 0.854. The first-order valence-electron chi connectivity index (χ1n) is 6.34. The summed E-state index contributed by atoms with van der Waals surface area (Å²) < 4.78 is 5.34. The van der Waals surface area contributed by atoms with Gasteiger partial charge in [-0.2, -0.15) is 0 Å². The van der Waals surface area contributed by atoms with Gasteiger partial charge in [-0.25, -0.2) is 0 Å². The average molecular weight is 248 g/mol. The number of anilines is 1. The van der Waals surface area contributed by atoms with Crippen LogP contribution >= 0.6 is 0 Å². The number of carbonyl (C=O) groups is 1. The summed E-state index contributed by atoms with van der Waals surface area (Å²) in [6.45, 7) is 4.74.